The highest BCUT2D eigenvalue weighted by atomic mass is 32.2. The lowest BCUT2D eigenvalue weighted by Gasteiger charge is -2.03. The van der Waals surface area contributed by atoms with Crippen LogP contribution in [0.15, 0.2) is 47.8 Å². The summed E-state index contributed by atoms with van der Waals surface area (Å²) in [6.45, 7) is 0. The monoisotopic (exact) mass is 300 g/mol. The Kier molecular flexibility index (Phi) is 3.66. The lowest BCUT2D eigenvalue weighted by Crippen LogP contribution is -1.89. The van der Waals surface area contributed by atoms with Crippen molar-refractivity contribution in [2.45, 2.75) is 5.16 Å². The van der Waals surface area contributed by atoms with Crippen LogP contribution in [-0.2, 0) is 0 Å². The highest BCUT2D eigenvalue weighted by Gasteiger charge is 2.15. The number of nitrogens with two attached hydrogens (primary N) is 1. The second-order valence-electron chi connectivity index (χ2n) is 4.02. The highest BCUT2D eigenvalue weighted by molar-refractivity contribution is 7.98. The minimum absolute atomic E-state index is 0.545. The van der Waals surface area contributed by atoms with Crippen molar-refractivity contribution in [2.75, 3.05) is 12.0 Å². The predicted octanol–water partition coefficient (Wildman–Crippen LogP) is 3.57. The summed E-state index contributed by atoms with van der Waals surface area (Å²) in [6, 6.07) is 11.9. The third kappa shape index (κ3) is 2.52. The predicted molar refractivity (Wildman–Crippen MR) is 84.8 cm³/mol. The molecule has 2 N–H and O–H groups in total. The van der Waals surface area contributed by atoms with Crippen LogP contribution < -0.4 is 5.73 Å². The molecule has 0 aliphatic rings. The molecule has 3 aromatic rings. The molecular formula is C14H12N4S2. The second-order valence-corrected chi connectivity index (χ2v) is 5.83. The van der Waals surface area contributed by atoms with Gasteiger partial charge >= 0.3 is 0 Å². The van der Waals surface area contributed by atoms with E-state index < -0.39 is 0 Å². The Morgan fingerprint density at radius 1 is 1.10 bits per heavy atom. The average molecular weight is 300 g/mol. The SMILES string of the molecule is CSc1nccc(-c2sc(N)nc2-c2ccccc2)n1. The van der Waals surface area contributed by atoms with E-state index in [9.17, 15) is 0 Å². The molecule has 0 aliphatic carbocycles. The third-order valence-electron chi connectivity index (χ3n) is 2.74. The number of anilines is 1. The summed E-state index contributed by atoms with van der Waals surface area (Å²) in [4.78, 5) is 14.1. The van der Waals surface area contributed by atoms with Gasteiger partial charge in [0.1, 0.15) is 0 Å². The fraction of sp³-hybridized carbons (Fsp3) is 0.0714. The van der Waals surface area contributed by atoms with E-state index in [4.69, 9.17) is 5.73 Å². The number of thiazole rings is 1. The first-order valence-electron chi connectivity index (χ1n) is 5.97. The Labute approximate surface area is 125 Å². The molecule has 0 atom stereocenters. The lowest BCUT2D eigenvalue weighted by atomic mass is 10.1. The molecule has 0 bridgehead atoms. The summed E-state index contributed by atoms with van der Waals surface area (Å²) in [5.41, 5.74) is 8.66. The van der Waals surface area contributed by atoms with Crippen LogP contribution in [0.5, 0.6) is 0 Å². The quantitative estimate of drug-likeness (QED) is 0.591. The van der Waals surface area contributed by atoms with Crippen molar-refractivity contribution in [1.29, 1.82) is 0 Å². The van der Waals surface area contributed by atoms with Crippen LogP contribution in [0, 0.1) is 0 Å². The zero-order valence-electron chi connectivity index (χ0n) is 10.8. The zero-order chi connectivity index (χ0) is 13.9. The van der Waals surface area contributed by atoms with E-state index in [0.717, 1.165) is 27.0 Å². The van der Waals surface area contributed by atoms with Crippen molar-refractivity contribution in [2.24, 2.45) is 0 Å². The Bertz CT molecular complexity index is 725. The molecule has 2 aromatic heterocycles. The number of aromatic nitrogens is 3. The molecule has 0 amide bonds. The maximum Gasteiger partial charge on any atom is 0.187 e. The van der Waals surface area contributed by atoms with E-state index in [-0.39, 0.29) is 0 Å². The van der Waals surface area contributed by atoms with Gasteiger partial charge in [-0.3, -0.25) is 0 Å². The summed E-state index contributed by atoms with van der Waals surface area (Å²) >= 11 is 2.97. The molecule has 3 rings (SSSR count). The van der Waals surface area contributed by atoms with Crippen molar-refractivity contribution >= 4 is 28.2 Å². The smallest absolute Gasteiger partial charge is 0.187 e. The number of nitrogen functional groups attached to an aromatic ring is 1. The molecule has 6 heteroatoms. The third-order valence-corrected chi connectivity index (χ3v) is 4.21. The fourth-order valence-electron chi connectivity index (χ4n) is 1.87. The molecule has 0 saturated heterocycles. The van der Waals surface area contributed by atoms with Crippen molar-refractivity contribution in [3.63, 3.8) is 0 Å². The van der Waals surface area contributed by atoms with Crippen LogP contribution >= 0.6 is 23.1 Å². The molecular weight excluding hydrogens is 288 g/mol. The van der Waals surface area contributed by atoms with Gasteiger partial charge in [-0.15, -0.1) is 0 Å². The number of benzene rings is 1. The normalized spacial score (nSPS) is 10.7. The molecule has 2 heterocycles. The van der Waals surface area contributed by atoms with Crippen LogP contribution in [0.2, 0.25) is 0 Å². The average Bonchev–Trinajstić information content (AvgIpc) is 2.90. The first kappa shape index (κ1) is 13.1. The van der Waals surface area contributed by atoms with Crippen molar-refractivity contribution in [3.05, 3.63) is 42.6 Å². The van der Waals surface area contributed by atoms with Gasteiger partial charge in [-0.25, -0.2) is 15.0 Å². The molecule has 0 spiro atoms. The number of thioether (sulfide) groups is 1. The van der Waals surface area contributed by atoms with Gasteiger partial charge in [0.05, 0.1) is 16.3 Å². The molecule has 0 fully saturated rings. The molecule has 20 heavy (non-hydrogen) atoms. The Balaban J connectivity index is 2.14. The van der Waals surface area contributed by atoms with Crippen molar-refractivity contribution < 1.29 is 0 Å². The molecule has 4 nitrogen and oxygen atoms in total. The number of rotatable bonds is 3. The molecule has 1 aromatic carbocycles. The largest absolute Gasteiger partial charge is 0.375 e. The van der Waals surface area contributed by atoms with Gasteiger partial charge < -0.3 is 5.73 Å². The molecule has 0 radical (unpaired) electrons. The Morgan fingerprint density at radius 2 is 1.90 bits per heavy atom. The molecule has 0 saturated carbocycles. The van der Waals surface area contributed by atoms with Crippen LogP contribution in [0.4, 0.5) is 5.13 Å². The lowest BCUT2D eigenvalue weighted by molar-refractivity contribution is 0.978. The number of nitrogens with zero attached hydrogens (tertiary/aromatic N) is 3. The maximum atomic E-state index is 5.88. The maximum absolute atomic E-state index is 5.88. The number of hydrogen-bond acceptors (Lipinski definition) is 6. The first-order chi connectivity index (χ1) is 9.78. The summed E-state index contributed by atoms with van der Waals surface area (Å²) in [5, 5.41) is 1.29. The summed E-state index contributed by atoms with van der Waals surface area (Å²) in [6.07, 6.45) is 3.72. The Morgan fingerprint density at radius 3 is 2.65 bits per heavy atom. The van der Waals surface area contributed by atoms with Gasteiger partial charge in [0.15, 0.2) is 10.3 Å². The summed E-state index contributed by atoms with van der Waals surface area (Å²) in [5.74, 6) is 0. The van der Waals surface area contributed by atoms with E-state index in [1.165, 1.54) is 23.1 Å². The van der Waals surface area contributed by atoms with Crippen LogP contribution in [0.25, 0.3) is 21.8 Å². The van der Waals surface area contributed by atoms with Crippen molar-refractivity contribution in [3.8, 4) is 21.8 Å². The van der Waals surface area contributed by atoms with E-state index in [2.05, 4.69) is 15.0 Å². The van der Waals surface area contributed by atoms with E-state index in [0.29, 0.717) is 5.13 Å². The van der Waals surface area contributed by atoms with Crippen molar-refractivity contribution in [1.82, 2.24) is 15.0 Å². The Hall–Kier alpha value is -1.92. The van der Waals surface area contributed by atoms with Gasteiger partial charge in [0, 0.05) is 11.8 Å². The second kappa shape index (κ2) is 5.60. The number of hydrogen-bond donors (Lipinski definition) is 1. The van der Waals surface area contributed by atoms with Gasteiger partial charge in [-0.2, -0.15) is 0 Å². The van der Waals surface area contributed by atoms with Gasteiger partial charge in [-0.05, 0) is 12.3 Å². The molecule has 0 aliphatic heterocycles. The standard InChI is InChI=1S/C14H12N4S2/c1-19-14-16-8-7-10(17-14)12-11(18-13(15)20-12)9-5-3-2-4-6-9/h2-8H,1H3,(H2,15,18). The summed E-state index contributed by atoms with van der Waals surface area (Å²) < 4.78 is 0. The van der Waals surface area contributed by atoms with Crippen LogP contribution in [-0.4, -0.2) is 21.2 Å². The minimum atomic E-state index is 0.545. The van der Waals surface area contributed by atoms with Gasteiger partial charge in [-0.1, -0.05) is 53.4 Å². The van der Waals surface area contributed by atoms with Gasteiger partial charge in [0.2, 0.25) is 0 Å². The first-order valence-corrected chi connectivity index (χ1v) is 8.01. The van der Waals surface area contributed by atoms with E-state index in [1.807, 2.05) is 42.7 Å². The molecule has 100 valence electrons. The van der Waals surface area contributed by atoms with Crippen LogP contribution in [0.1, 0.15) is 0 Å². The molecule has 0 unspecified atom stereocenters. The summed E-state index contributed by atoms with van der Waals surface area (Å²) in [7, 11) is 0. The minimum Gasteiger partial charge on any atom is -0.375 e. The van der Waals surface area contributed by atoms with Crippen LogP contribution in [0.3, 0.4) is 0 Å². The van der Waals surface area contributed by atoms with Gasteiger partial charge in [0.25, 0.3) is 0 Å². The van der Waals surface area contributed by atoms with E-state index >= 15 is 0 Å². The fourth-order valence-corrected chi connectivity index (χ4v) is 3.05. The highest BCUT2D eigenvalue weighted by Crippen LogP contribution is 2.37. The zero-order valence-corrected chi connectivity index (χ0v) is 12.4. The van der Waals surface area contributed by atoms with E-state index in [1.54, 1.807) is 6.20 Å². The topological polar surface area (TPSA) is 64.7 Å².